The molecule has 1 aliphatic carbocycles. The molecule has 0 spiro atoms. The molecule has 4 rings (SSSR count). The Labute approximate surface area is 202 Å². The average Bonchev–Trinajstić information content (AvgIpc) is 3.08. The van der Waals surface area contributed by atoms with Crippen LogP contribution in [-0.2, 0) is 21.3 Å². The maximum atomic E-state index is 13.1. The van der Waals surface area contributed by atoms with Gasteiger partial charge in [-0.1, -0.05) is 32.0 Å². The molecule has 0 radical (unpaired) electrons. The second-order valence-electron chi connectivity index (χ2n) is 8.45. The van der Waals surface area contributed by atoms with Crippen molar-refractivity contribution in [2.45, 2.75) is 39.5 Å². The minimum atomic E-state index is -0.518. The smallest absolute Gasteiger partial charge is 0.340 e. The number of carbonyl (C=O) groups excluding carboxylic acids is 2. The van der Waals surface area contributed by atoms with Crippen molar-refractivity contribution >= 4 is 41.2 Å². The first-order chi connectivity index (χ1) is 15.7. The van der Waals surface area contributed by atoms with Crippen molar-refractivity contribution in [1.29, 1.82) is 0 Å². The lowest BCUT2D eigenvalue weighted by Crippen LogP contribution is -2.31. The summed E-state index contributed by atoms with van der Waals surface area (Å²) in [5.41, 5.74) is 9.99. The molecular formula is C25H26N2O4S2. The molecule has 0 amide bonds. The van der Waals surface area contributed by atoms with Gasteiger partial charge in [0.05, 0.1) is 29.2 Å². The zero-order chi connectivity index (χ0) is 23.9. The Kier molecular flexibility index (Phi) is 6.16. The van der Waals surface area contributed by atoms with Crippen molar-refractivity contribution in [3.63, 3.8) is 0 Å². The lowest BCUT2D eigenvalue weighted by Gasteiger charge is -2.35. The quantitative estimate of drug-likeness (QED) is 0.285. The number of nitrogens with zero attached hydrogens (tertiary/aromatic N) is 1. The highest BCUT2D eigenvalue weighted by atomic mass is 32.1. The van der Waals surface area contributed by atoms with E-state index >= 15 is 0 Å². The highest BCUT2D eigenvalue weighted by Crippen LogP contribution is 2.51. The Hall–Kier alpha value is -2.97. The van der Waals surface area contributed by atoms with Crippen molar-refractivity contribution in [1.82, 2.24) is 4.57 Å². The average molecular weight is 483 g/mol. The van der Waals surface area contributed by atoms with Gasteiger partial charge in [-0.3, -0.25) is 4.57 Å². The van der Waals surface area contributed by atoms with Crippen molar-refractivity contribution in [2.75, 3.05) is 18.9 Å². The molecule has 172 valence electrons. The summed E-state index contributed by atoms with van der Waals surface area (Å²) in [6, 6.07) is 11.4. The number of nitrogens with two attached hydrogens (primary N) is 1. The van der Waals surface area contributed by atoms with E-state index in [9.17, 15) is 9.59 Å². The minimum absolute atomic E-state index is 0.185. The second-order valence-corrected chi connectivity index (χ2v) is 10.1. The van der Waals surface area contributed by atoms with E-state index in [1.54, 1.807) is 19.9 Å². The van der Waals surface area contributed by atoms with Crippen LogP contribution in [0.2, 0.25) is 0 Å². The Morgan fingerprint density at radius 3 is 2.39 bits per heavy atom. The van der Waals surface area contributed by atoms with Gasteiger partial charge in [-0.15, -0.1) is 11.3 Å². The van der Waals surface area contributed by atoms with Crippen molar-refractivity contribution in [3.8, 4) is 16.1 Å². The van der Waals surface area contributed by atoms with Gasteiger partial charge in [0.15, 0.2) is 3.95 Å². The number of nitrogen functional groups attached to an aromatic ring is 1. The zero-order valence-corrected chi connectivity index (χ0v) is 20.7. The molecule has 6 nitrogen and oxygen atoms in total. The fourth-order valence-electron chi connectivity index (χ4n) is 4.53. The first kappa shape index (κ1) is 23.2. The van der Waals surface area contributed by atoms with E-state index in [4.69, 9.17) is 27.4 Å². The predicted octanol–water partition coefficient (Wildman–Crippen LogP) is 5.70. The lowest BCUT2D eigenvalue weighted by molar-refractivity contribution is 0.0510. The number of aromatic nitrogens is 1. The normalized spacial score (nSPS) is 13.7. The van der Waals surface area contributed by atoms with Crippen LogP contribution in [0.4, 0.5) is 5.69 Å². The van der Waals surface area contributed by atoms with E-state index in [0.717, 1.165) is 21.8 Å². The molecule has 33 heavy (non-hydrogen) atoms. The van der Waals surface area contributed by atoms with Gasteiger partial charge in [0.25, 0.3) is 0 Å². The summed E-state index contributed by atoms with van der Waals surface area (Å²) in [5, 5.41) is 0. The van der Waals surface area contributed by atoms with Gasteiger partial charge >= 0.3 is 11.9 Å². The summed E-state index contributed by atoms with van der Waals surface area (Å²) in [7, 11) is 0. The minimum Gasteiger partial charge on any atom is -0.462 e. The fourth-order valence-corrected chi connectivity index (χ4v) is 6.07. The van der Waals surface area contributed by atoms with Crippen LogP contribution < -0.4 is 5.73 Å². The molecule has 1 aromatic heterocycles. The maximum Gasteiger partial charge on any atom is 0.340 e. The fraction of sp³-hybridized carbons (Fsp3) is 0.320. The molecule has 3 aromatic rings. The van der Waals surface area contributed by atoms with Crippen LogP contribution in [0.5, 0.6) is 0 Å². The molecule has 0 saturated carbocycles. The SMILES string of the molecule is CCOC(=O)c1cc(N)c(C(=O)OCC)c2c1C(C)(C)Cc1c-2sc(=S)n1-c1ccccc1. The van der Waals surface area contributed by atoms with Crippen LogP contribution in [0.15, 0.2) is 36.4 Å². The van der Waals surface area contributed by atoms with E-state index in [1.165, 1.54) is 11.3 Å². The molecule has 2 N–H and O–H groups in total. The molecule has 2 aromatic carbocycles. The second kappa shape index (κ2) is 8.76. The van der Waals surface area contributed by atoms with Gasteiger partial charge < -0.3 is 15.2 Å². The molecule has 0 unspecified atom stereocenters. The molecule has 0 saturated heterocycles. The number of hydrogen-bond donors (Lipinski definition) is 1. The van der Waals surface area contributed by atoms with Crippen molar-refractivity contribution < 1.29 is 19.1 Å². The molecule has 0 fully saturated rings. The number of esters is 2. The number of anilines is 1. The maximum absolute atomic E-state index is 13.1. The summed E-state index contributed by atoms with van der Waals surface area (Å²) in [5.74, 6) is -0.977. The number of rotatable bonds is 5. The zero-order valence-electron chi connectivity index (χ0n) is 19.1. The highest BCUT2D eigenvalue weighted by molar-refractivity contribution is 7.73. The molecule has 1 heterocycles. The third-order valence-electron chi connectivity index (χ3n) is 5.76. The number of thiazole rings is 1. The van der Waals surface area contributed by atoms with Gasteiger partial charge in [0, 0.05) is 22.6 Å². The number of hydrogen-bond acceptors (Lipinski definition) is 7. The van der Waals surface area contributed by atoms with E-state index in [0.29, 0.717) is 21.5 Å². The number of fused-ring (bicyclic) bond motifs is 3. The number of carbonyl (C=O) groups is 2. The Bertz CT molecular complexity index is 1310. The molecule has 0 bridgehead atoms. The van der Waals surface area contributed by atoms with Gasteiger partial charge in [0.2, 0.25) is 0 Å². The number of para-hydroxylation sites is 1. The number of ether oxygens (including phenoxy) is 2. The number of benzene rings is 2. The van der Waals surface area contributed by atoms with Gasteiger partial charge in [0.1, 0.15) is 0 Å². The van der Waals surface area contributed by atoms with Crippen molar-refractivity contribution in [3.05, 3.63) is 62.7 Å². The van der Waals surface area contributed by atoms with Crippen LogP contribution in [0.3, 0.4) is 0 Å². The summed E-state index contributed by atoms with van der Waals surface area (Å²) < 4.78 is 13.4. The topological polar surface area (TPSA) is 83.6 Å². The Morgan fingerprint density at radius 1 is 1.12 bits per heavy atom. The van der Waals surface area contributed by atoms with Crippen LogP contribution in [0.25, 0.3) is 16.1 Å². The third kappa shape index (κ3) is 3.87. The standard InChI is InChI=1S/C25H26N2O4S2/c1-5-30-22(28)15-12-16(26)18(23(29)31-6-2)19-20(15)25(3,4)13-17-21(19)33-24(32)27(17)14-10-8-7-9-11-14/h7-12H,5-6,13,26H2,1-4H3. The molecule has 0 aliphatic heterocycles. The van der Waals surface area contributed by atoms with Gasteiger partial charge in [-0.05, 0) is 61.7 Å². The van der Waals surface area contributed by atoms with E-state index in [2.05, 4.69) is 13.8 Å². The summed E-state index contributed by atoms with van der Waals surface area (Å²) in [6.07, 6.45) is 0.621. The van der Waals surface area contributed by atoms with Crippen LogP contribution in [0.1, 0.15) is 59.7 Å². The molecular weight excluding hydrogens is 456 g/mol. The first-order valence-corrected chi connectivity index (χ1v) is 12.0. The molecule has 8 heteroatoms. The highest BCUT2D eigenvalue weighted by Gasteiger charge is 2.41. The van der Waals surface area contributed by atoms with Crippen LogP contribution in [-0.4, -0.2) is 29.7 Å². The van der Waals surface area contributed by atoms with E-state index in [-0.39, 0.29) is 24.5 Å². The summed E-state index contributed by atoms with van der Waals surface area (Å²) in [4.78, 5) is 26.9. The molecule has 0 atom stereocenters. The van der Waals surface area contributed by atoms with E-state index < -0.39 is 17.4 Å². The summed E-state index contributed by atoms with van der Waals surface area (Å²) in [6.45, 7) is 8.07. The third-order valence-corrected chi connectivity index (χ3v) is 7.20. The van der Waals surface area contributed by atoms with Gasteiger partial charge in [-0.25, -0.2) is 9.59 Å². The monoisotopic (exact) mass is 482 g/mol. The lowest BCUT2D eigenvalue weighted by atomic mass is 9.70. The van der Waals surface area contributed by atoms with Crippen LogP contribution in [0, 0.1) is 3.95 Å². The van der Waals surface area contributed by atoms with Crippen LogP contribution >= 0.6 is 23.6 Å². The van der Waals surface area contributed by atoms with Crippen molar-refractivity contribution in [2.24, 2.45) is 0 Å². The summed E-state index contributed by atoms with van der Waals surface area (Å²) >= 11 is 7.18. The Balaban J connectivity index is 2.12. The largest absolute Gasteiger partial charge is 0.462 e. The van der Waals surface area contributed by atoms with Gasteiger partial charge in [-0.2, -0.15) is 0 Å². The van der Waals surface area contributed by atoms with E-state index in [1.807, 2.05) is 34.9 Å². The predicted molar refractivity (Wildman–Crippen MR) is 133 cm³/mol. The molecule has 1 aliphatic rings. The Morgan fingerprint density at radius 2 is 1.76 bits per heavy atom. The first-order valence-electron chi connectivity index (χ1n) is 10.8.